The Morgan fingerprint density at radius 3 is 1.96 bits per heavy atom. The molecule has 0 bridgehead atoms. The Morgan fingerprint density at radius 1 is 0.870 bits per heavy atom. The molecule has 0 heterocycles. The molecule has 0 N–H and O–H groups in total. The van der Waals surface area contributed by atoms with E-state index in [1.54, 1.807) is 18.9 Å². The minimum atomic E-state index is 0.0388. The van der Waals surface area contributed by atoms with Gasteiger partial charge in [0.2, 0.25) is 11.8 Å². The Bertz CT molecular complexity index is 357. The van der Waals surface area contributed by atoms with Crippen LogP contribution in [0, 0.1) is 0 Å². The summed E-state index contributed by atoms with van der Waals surface area (Å²) in [4.78, 5) is 26.4. The summed E-state index contributed by atoms with van der Waals surface area (Å²) in [5, 5.41) is 0. The van der Waals surface area contributed by atoms with E-state index in [-0.39, 0.29) is 11.8 Å². The zero-order valence-corrected chi connectivity index (χ0v) is 14.9. The van der Waals surface area contributed by atoms with Crippen molar-refractivity contribution in [2.24, 2.45) is 0 Å². The summed E-state index contributed by atoms with van der Waals surface area (Å²) in [6.07, 6.45) is 5.96. The monoisotopic (exact) mass is 328 g/mol. The molecule has 0 aromatic rings. The lowest BCUT2D eigenvalue weighted by molar-refractivity contribution is -0.133. The molecule has 6 nitrogen and oxygen atoms in total. The van der Waals surface area contributed by atoms with Gasteiger partial charge in [0.15, 0.2) is 0 Å². The maximum absolute atomic E-state index is 11.8. The van der Waals surface area contributed by atoms with Gasteiger partial charge in [-0.1, -0.05) is 19.3 Å². The van der Waals surface area contributed by atoms with Crippen molar-refractivity contribution in [1.29, 1.82) is 0 Å². The molecule has 0 aromatic carbocycles. The van der Waals surface area contributed by atoms with Crippen molar-refractivity contribution in [3.63, 3.8) is 0 Å². The fraction of sp³-hybridized carbons (Fsp3) is 0.882. The predicted octanol–water partition coefficient (Wildman–Crippen LogP) is 1.68. The minimum absolute atomic E-state index is 0.0388. The van der Waals surface area contributed by atoms with E-state index < -0.39 is 0 Å². The zero-order valence-electron chi connectivity index (χ0n) is 14.9. The first-order valence-electron chi connectivity index (χ1n) is 8.66. The summed E-state index contributed by atoms with van der Waals surface area (Å²) >= 11 is 0. The van der Waals surface area contributed by atoms with Crippen LogP contribution in [-0.2, 0) is 19.1 Å². The van der Waals surface area contributed by atoms with Crippen LogP contribution < -0.4 is 0 Å². The van der Waals surface area contributed by atoms with E-state index in [2.05, 4.69) is 0 Å². The zero-order chi connectivity index (χ0) is 17.1. The highest BCUT2D eigenvalue weighted by Crippen LogP contribution is 2.22. The highest BCUT2D eigenvalue weighted by atomic mass is 16.5. The summed E-state index contributed by atoms with van der Waals surface area (Å²) in [5.74, 6) is 0.181. The van der Waals surface area contributed by atoms with Crippen LogP contribution in [-0.4, -0.2) is 74.2 Å². The second-order valence-electron chi connectivity index (χ2n) is 6.17. The molecule has 0 aromatic heterocycles. The molecule has 2 amide bonds. The van der Waals surface area contributed by atoms with Crippen LogP contribution in [0.25, 0.3) is 0 Å². The summed E-state index contributed by atoms with van der Waals surface area (Å²) in [6.45, 7) is 6.52. The molecule has 1 aliphatic rings. The van der Waals surface area contributed by atoms with Crippen molar-refractivity contribution in [2.45, 2.75) is 52.0 Å². The van der Waals surface area contributed by atoms with E-state index in [0.29, 0.717) is 45.6 Å². The topological polar surface area (TPSA) is 59.1 Å². The number of ether oxygens (including phenoxy) is 2. The largest absolute Gasteiger partial charge is 0.377 e. The Labute approximate surface area is 140 Å². The van der Waals surface area contributed by atoms with Crippen molar-refractivity contribution in [1.82, 2.24) is 9.80 Å². The van der Waals surface area contributed by atoms with Crippen LogP contribution in [0.1, 0.15) is 46.0 Å². The first-order chi connectivity index (χ1) is 11.0. The van der Waals surface area contributed by atoms with Crippen LogP contribution >= 0.6 is 0 Å². The summed E-state index contributed by atoms with van der Waals surface area (Å²) in [5.41, 5.74) is 0. The third kappa shape index (κ3) is 8.32. The predicted molar refractivity (Wildman–Crippen MR) is 89.2 cm³/mol. The van der Waals surface area contributed by atoms with Gasteiger partial charge >= 0.3 is 0 Å². The van der Waals surface area contributed by atoms with Crippen molar-refractivity contribution in [2.75, 3.05) is 46.6 Å². The van der Waals surface area contributed by atoms with Crippen LogP contribution in [0.3, 0.4) is 0 Å². The van der Waals surface area contributed by atoms with Crippen molar-refractivity contribution in [3.8, 4) is 0 Å². The van der Waals surface area contributed by atoms with E-state index in [9.17, 15) is 9.59 Å². The Hall–Kier alpha value is -1.14. The van der Waals surface area contributed by atoms with Crippen LogP contribution in [0.2, 0.25) is 0 Å². The molecule has 1 saturated carbocycles. The SMILES string of the molecule is CC(=O)N(C)CCOCCOCCN(C(C)=O)C1CCCCC1. The maximum atomic E-state index is 11.8. The lowest BCUT2D eigenvalue weighted by atomic mass is 9.94. The highest BCUT2D eigenvalue weighted by molar-refractivity contribution is 5.73. The fourth-order valence-electron chi connectivity index (χ4n) is 2.83. The van der Waals surface area contributed by atoms with E-state index in [4.69, 9.17) is 9.47 Å². The van der Waals surface area contributed by atoms with E-state index >= 15 is 0 Å². The van der Waals surface area contributed by atoms with Gasteiger partial charge in [0.1, 0.15) is 0 Å². The average Bonchev–Trinajstić information content (AvgIpc) is 2.53. The van der Waals surface area contributed by atoms with Gasteiger partial charge in [-0.3, -0.25) is 9.59 Å². The third-order valence-electron chi connectivity index (χ3n) is 4.38. The van der Waals surface area contributed by atoms with Gasteiger partial charge in [-0.2, -0.15) is 0 Å². The quantitative estimate of drug-likeness (QED) is 0.573. The van der Waals surface area contributed by atoms with E-state index in [1.807, 2.05) is 4.90 Å². The van der Waals surface area contributed by atoms with Crippen molar-refractivity contribution in [3.05, 3.63) is 0 Å². The molecule has 0 aliphatic heterocycles. The number of amides is 2. The average molecular weight is 328 g/mol. The number of likely N-dealkylation sites (N-methyl/N-ethyl adjacent to an activating group) is 1. The molecular weight excluding hydrogens is 296 g/mol. The Morgan fingerprint density at radius 2 is 1.43 bits per heavy atom. The highest BCUT2D eigenvalue weighted by Gasteiger charge is 2.22. The molecule has 23 heavy (non-hydrogen) atoms. The van der Waals surface area contributed by atoms with Gasteiger partial charge in [-0.05, 0) is 12.8 Å². The minimum Gasteiger partial charge on any atom is -0.377 e. The summed E-state index contributed by atoms with van der Waals surface area (Å²) in [7, 11) is 1.75. The normalized spacial score (nSPS) is 15.4. The molecule has 0 radical (unpaired) electrons. The number of carbonyl (C=O) groups is 2. The maximum Gasteiger partial charge on any atom is 0.219 e. The standard InChI is InChI=1S/C17H32N2O4/c1-15(20)18(3)9-11-22-13-14-23-12-10-19(16(2)21)17-7-5-4-6-8-17/h17H,4-14H2,1-3H3. The number of carbonyl (C=O) groups excluding carboxylic acids is 2. The van der Waals surface area contributed by atoms with Gasteiger partial charge in [0.25, 0.3) is 0 Å². The number of nitrogens with zero attached hydrogens (tertiary/aromatic N) is 2. The second kappa shape index (κ2) is 11.4. The van der Waals surface area contributed by atoms with Crippen molar-refractivity contribution >= 4 is 11.8 Å². The van der Waals surface area contributed by atoms with Gasteiger partial charge in [-0.15, -0.1) is 0 Å². The molecule has 134 valence electrons. The van der Waals surface area contributed by atoms with Crippen LogP contribution in [0.15, 0.2) is 0 Å². The second-order valence-corrected chi connectivity index (χ2v) is 6.17. The molecule has 0 unspecified atom stereocenters. The van der Waals surface area contributed by atoms with Gasteiger partial charge in [-0.25, -0.2) is 0 Å². The van der Waals surface area contributed by atoms with Gasteiger partial charge < -0.3 is 19.3 Å². The molecule has 6 heteroatoms. The lowest BCUT2D eigenvalue weighted by Crippen LogP contribution is -2.42. The molecule has 1 rings (SSSR count). The Kier molecular flexibility index (Phi) is 9.87. The van der Waals surface area contributed by atoms with Crippen molar-refractivity contribution < 1.29 is 19.1 Å². The summed E-state index contributed by atoms with van der Waals surface area (Å²) < 4.78 is 11.0. The Balaban J connectivity index is 2.06. The van der Waals surface area contributed by atoms with Gasteiger partial charge in [0, 0.05) is 40.0 Å². The smallest absolute Gasteiger partial charge is 0.219 e. The molecule has 0 atom stereocenters. The van der Waals surface area contributed by atoms with Crippen LogP contribution in [0.4, 0.5) is 0 Å². The number of rotatable bonds is 10. The first-order valence-corrected chi connectivity index (χ1v) is 8.66. The van der Waals surface area contributed by atoms with E-state index in [0.717, 1.165) is 12.8 Å². The third-order valence-corrected chi connectivity index (χ3v) is 4.38. The number of hydrogen-bond acceptors (Lipinski definition) is 4. The van der Waals surface area contributed by atoms with Crippen LogP contribution in [0.5, 0.6) is 0 Å². The molecule has 0 spiro atoms. The fourth-order valence-corrected chi connectivity index (χ4v) is 2.83. The lowest BCUT2D eigenvalue weighted by Gasteiger charge is -2.33. The molecule has 1 aliphatic carbocycles. The molecule has 0 saturated heterocycles. The first kappa shape index (κ1) is 19.9. The molecular formula is C17H32N2O4. The number of hydrogen-bond donors (Lipinski definition) is 0. The van der Waals surface area contributed by atoms with E-state index in [1.165, 1.54) is 26.2 Å². The summed E-state index contributed by atoms with van der Waals surface area (Å²) in [6, 6.07) is 0.392. The molecule has 1 fully saturated rings. The van der Waals surface area contributed by atoms with Gasteiger partial charge in [0.05, 0.1) is 26.4 Å².